The second-order valence-corrected chi connectivity index (χ2v) is 18.6. The van der Waals surface area contributed by atoms with Gasteiger partial charge in [-0.1, -0.05) is 118 Å². The lowest BCUT2D eigenvalue weighted by molar-refractivity contribution is -0.171. The fourth-order valence-corrected chi connectivity index (χ4v) is 7.15. The molecule has 0 aromatic rings. The van der Waals surface area contributed by atoms with Crippen LogP contribution in [0.5, 0.6) is 0 Å². The molecule has 0 rings (SSSR count). The number of unbranched alkanes of at least 4 members (excludes halogenated alkanes) is 14. The SMILES string of the molecule is CCCCCCCOC(=O)CCCCC(=O)OCC(COC(=O)CCCCC(=O)OCCCCCCC)(COC(=O)CCCN(C)C(C)C)COC(=O)CC(CCCCC)CCCCC. The lowest BCUT2D eigenvalue weighted by atomic mass is 9.91. The van der Waals surface area contributed by atoms with Gasteiger partial charge in [0.05, 0.1) is 13.2 Å². The predicted molar refractivity (Wildman–Crippen MR) is 256 cm³/mol. The summed E-state index contributed by atoms with van der Waals surface area (Å²) in [4.78, 5) is 79.6. The highest BCUT2D eigenvalue weighted by atomic mass is 16.6. The zero-order chi connectivity index (χ0) is 48.4. The number of hydrogen-bond acceptors (Lipinski definition) is 13. The lowest BCUT2D eigenvalue weighted by Gasteiger charge is -2.32. The molecule has 0 spiro atoms. The van der Waals surface area contributed by atoms with E-state index in [0.717, 1.165) is 103 Å². The molecule has 0 bridgehead atoms. The van der Waals surface area contributed by atoms with Crippen LogP contribution in [0.4, 0.5) is 0 Å². The first kappa shape index (κ1) is 61.8. The van der Waals surface area contributed by atoms with Gasteiger partial charge in [-0.2, -0.15) is 0 Å². The molecule has 0 heterocycles. The number of nitrogens with zero attached hydrogens (tertiary/aromatic N) is 1. The van der Waals surface area contributed by atoms with Crippen LogP contribution in [0.2, 0.25) is 0 Å². The van der Waals surface area contributed by atoms with E-state index < -0.39 is 29.3 Å². The summed E-state index contributed by atoms with van der Waals surface area (Å²) in [5.41, 5.74) is -1.38. The standard InChI is InChI=1S/C52H95NO12/c1-8-12-16-18-26-37-60-46(54)31-22-24-33-48(56)62-40-52(42-64-50(58)35-28-36-53(7)44(5)6,43-65-51(59)39-45(29-20-14-10-3)30-21-15-11-4)41-63-49(57)34-25-23-32-47(55)61-38-27-19-17-13-9-2/h44-45H,8-43H2,1-7H3. The van der Waals surface area contributed by atoms with Crippen LogP contribution in [0.3, 0.4) is 0 Å². The van der Waals surface area contributed by atoms with E-state index in [1.54, 1.807) is 0 Å². The molecule has 0 fully saturated rings. The molecule has 0 aromatic carbocycles. The van der Waals surface area contributed by atoms with Crippen molar-refractivity contribution in [3.05, 3.63) is 0 Å². The maximum Gasteiger partial charge on any atom is 0.306 e. The van der Waals surface area contributed by atoms with Crippen molar-refractivity contribution in [2.45, 2.75) is 234 Å². The molecule has 0 atom stereocenters. The van der Waals surface area contributed by atoms with E-state index in [9.17, 15) is 28.8 Å². The first-order chi connectivity index (χ1) is 31.3. The molecule has 0 unspecified atom stereocenters. The van der Waals surface area contributed by atoms with Gasteiger partial charge in [-0.05, 0) is 91.1 Å². The molecule has 0 radical (unpaired) electrons. The number of ether oxygens (including phenoxy) is 6. The van der Waals surface area contributed by atoms with Gasteiger partial charge in [-0.3, -0.25) is 28.8 Å². The van der Waals surface area contributed by atoms with Crippen LogP contribution in [0.25, 0.3) is 0 Å². The highest BCUT2D eigenvalue weighted by molar-refractivity contribution is 5.72. The molecule has 0 aliphatic heterocycles. The van der Waals surface area contributed by atoms with Crippen molar-refractivity contribution in [1.29, 1.82) is 0 Å². The summed E-state index contributed by atoms with van der Waals surface area (Å²) < 4.78 is 34.0. The molecule has 0 aromatic heterocycles. The van der Waals surface area contributed by atoms with Crippen LogP contribution in [0, 0.1) is 11.3 Å². The Bertz CT molecular complexity index is 1180. The van der Waals surface area contributed by atoms with Crippen LogP contribution >= 0.6 is 0 Å². The Morgan fingerprint density at radius 1 is 0.400 bits per heavy atom. The molecule has 0 saturated heterocycles. The Kier molecular flexibility index (Phi) is 40.1. The number of esters is 6. The van der Waals surface area contributed by atoms with Crippen molar-refractivity contribution in [3.63, 3.8) is 0 Å². The summed E-state index contributed by atoms with van der Waals surface area (Å²) in [7, 11) is 1.99. The van der Waals surface area contributed by atoms with Crippen LogP contribution in [-0.4, -0.2) is 100.0 Å². The summed E-state index contributed by atoms with van der Waals surface area (Å²) in [6.45, 7) is 12.9. The van der Waals surface area contributed by atoms with E-state index in [1.807, 2.05) is 7.05 Å². The van der Waals surface area contributed by atoms with Crippen molar-refractivity contribution < 1.29 is 57.2 Å². The van der Waals surface area contributed by atoms with E-state index >= 15 is 0 Å². The number of rotatable bonds is 45. The summed E-state index contributed by atoms with van der Waals surface area (Å²) in [6.07, 6.45) is 21.9. The molecule has 0 aliphatic rings. The van der Waals surface area contributed by atoms with Gasteiger partial charge in [0.25, 0.3) is 0 Å². The Morgan fingerprint density at radius 3 is 1.09 bits per heavy atom. The second-order valence-electron chi connectivity index (χ2n) is 18.6. The third-order valence-electron chi connectivity index (χ3n) is 11.9. The van der Waals surface area contributed by atoms with Crippen molar-refractivity contribution in [2.75, 3.05) is 53.2 Å². The largest absolute Gasteiger partial charge is 0.466 e. The van der Waals surface area contributed by atoms with Crippen LogP contribution in [-0.2, 0) is 57.2 Å². The average Bonchev–Trinajstić information content (AvgIpc) is 3.28. The fourth-order valence-electron chi connectivity index (χ4n) is 7.15. The van der Waals surface area contributed by atoms with Gasteiger partial charge in [0.2, 0.25) is 0 Å². The van der Waals surface area contributed by atoms with E-state index in [1.165, 1.54) is 12.8 Å². The zero-order valence-electron chi connectivity index (χ0n) is 42.5. The Morgan fingerprint density at radius 2 is 0.723 bits per heavy atom. The minimum Gasteiger partial charge on any atom is -0.466 e. The third-order valence-corrected chi connectivity index (χ3v) is 11.9. The molecule has 0 saturated carbocycles. The number of carbonyl (C=O) groups is 6. The van der Waals surface area contributed by atoms with E-state index in [2.05, 4.69) is 46.4 Å². The maximum atomic E-state index is 13.5. The number of hydrogen-bond donors (Lipinski definition) is 0. The van der Waals surface area contributed by atoms with Gasteiger partial charge in [-0.15, -0.1) is 0 Å². The van der Waals surface area contributed by atoms with Gasteiger partial charge in [0.1, 0.15) is 31.8 Å². The van der Waals surface area contributed by atoms with Crippen LogP contribution < -0.4 is 0 Å². The van der Waals surface area contributed by atoms with E-state index in [0.29, 0.717) is 57.9 Å². The summed E-state index contributed by atoms with van der Waals surface area (Å²) >= 11 is 0. The molecular formula is C52H95NO12. The first-order valence-electron chi connectivity index (χ1n) is 25.9. The average molecular weight is 926 g/mol. The smallest absolute Gasteiger partial charge is 0.306 e. The predicted octanol–water partition coefficient (Wildman–Crippen LogP) is 11.6. The summed E-state index contributed by atoms with van der Waals surface area (Å²) in [5, 5.41) is 0. The Balaban J connectivity index is 5.88. The molecule has 0 N–H and O–H groups in total. The molecule has 65 heavy (non-hydrogen) atoms. The fraction of sp³-hybridized carbons (Fsp3) is 0.885. The van der Waals surface area contributed by atoms with Gasteiger partial charge in [-0.25, -0.2) is 0 Å². The van der Waals surface area contributed by atoms with Gasteiger partial charge < -0.3 is 33.3 Å². The monoisotopic (exact) mass is 926 g/mol. The number of carbonyl (C=O) groups excluding carboxylic acids is 6. The molecule has 0 amide bonds. The lowest BCUT2D eigenvalue weighted by Crippen LogP contribution is -2.44. The van der Waals surface area contributed by atoms with Crippen molar-refractivity contribution >= 4 is 35.8 Å². The second kappa shape index (κ2) is 42.2. The van der Waals surface area contributed by atoms with Gasteiger partial charge >= 0.3 is 35.8 Å². The summed E-state index contributed by atoms with van der Waals surface area (Å²) in [5.74, 6) is -2.38. The maximum absolute atomic E-state index is 13.5. The third kappa shape index (κ3) is 37.6. The summed E-state index contributed by atoms with van der Waals surface area (Å²) in [6, 6.07) is 0.313. The zero-order valence-corrected chi connectivity index (χ0v) is 42.5. The molecule has 13 nitrogen and oxygen atoms in total. The van der Waals surface area contributed by atoms with Gasteiger partial charge in [0, 0.05) is 44.6 Å². The minimum absolute atomic E-state index is 0.0294. The van der Waals surface area contributed by atoms with Crippen LogP contribution in [0.15, 0.2) is 0 Å². The minimum atomic E-state index is -1.38. The normalized spacial score (nSPS) is 11.5. The van der Waals surface area contributed by atoms with E-state index in [-0.39, 0.29) is 82.8 Å². The van der Waals surface area contributed by atoms with Crippen LogP contribution in [0.1, 0.15) is 228 Å². The highest BCUT2D eigenvalue weighted by Gasteiger charge is 2.38. The van der Waals surface area contributed by atoms with Crippen molar-refractivity contribution in [1.82, 2.24) is 4.90 Å². The first-order valence-corrected chi connectivity index (χ1v) is 25.9. The molecular weight excluding hydrogens is 831 g/mol. The van der Waals surface area contributed by atoms with Crippen molar-refractivity contribution in [2.24, 2.45) is 11.3 Å². The topological polar surface area (TPSA) is 161 Å². The Hall–Kier alpha value is -3.22. The molecule has 13 heteroatoms. The van der Waals surface area contributed by atoms with Crippen molar-refractivity contribution in [3.8, 4) is 0 Å². The quantitative estimate of drug-likeness (QED) is 0.0323. The van der Waals surface area contributed by atoms with E-state index in [4.69, 9.17) is 28.4 Å². The molecule has 380 valence electrons. The Labute approximate surface area is 395 Å². The molecule has 0 aliphatic carbocycles. The highest BCUT2D eigenvalue weighted by Crippen LogP contribution is 2.26. The van der Waals surface area contributed by atoms with Gasteiger partial charge in [0.15, 0.2) is 0 Å².